The van der Waals surface area contributed by atoms with Crippen molar-refractivity contribution in [3.63, 3.8) is 0 Å². The van der Waals surface area contributed by atoms with E-state index in [-0.39, 0.29) is 5.78 Å². The number of hydrogen-bond donors (Lipinski definition) is 0. The Hall–Kier alpha value is -1.75. The van der Waals surface area contributed by atoms with Crippen LogP contribution in [-0.4, -0.2) is 12.9 Å². The zero-order valence-corrected chi connectivity index (χ0v) is 9.04. The number of rotatable bonds is 4. The molecule has 0 amide bonds. The molecule has 0 fully saturated rings. The predicted octanol–water partition coefficient (Wildman–Crippen LogP) is 2.60. The molecule has 0 saturated heterocycles. The molecule has 1 rings (SSSR count). The van der Waals surface area contributed by atoms with Crippen molar-refractivity contribution in [3.8, 4) is 18.1 Å². The highest BCUT2D eigenvalue weighted by molar-refractivity contribution is 5.98. The van der Waals surface area contributed by atoms with E-state index in [1.807, 2.05) is 19.1 Å². The molecule has 2 nitrogen and oxygen atoms in total. The second-order valence-corrected chi connectivity index (χ2v) is 3.33. The first kappa shape index (κ1) is 11.3. The van der Waals surface area contributed by atoms with Crippen LogP contribution in [0.25, 0.3) is 0 Å². The fourth-order valence-corrected chi connectivity index (χ4v) is 1.36. The SMILES string of the molecule is C#CCCC(=O)c1cc(C)ccc1OC. The van der Waals surface area contributed by atoms with Crippen LogP contribution in [0.3, 0.4) is 0 Å². The highest BCUT2D eigenvalue weighted by Gasteiger charge is 2.11. The molecule has 0 heterocycles. The fourth-order valence-electron chi connectivity index (χ4n) is 1.36. The van der Waals surface area contributed by atoms with Crippen LogP contribution < -0.4 is 4.74 Å². The van der Waals surface area contributed by atoms with Crippen molar-refractivity contribution in [1.29, 1.82) is 0 Å². The Morgan fingerprint density at radius 1 is 1.53 bits per heavy atom. The van der Waals surface area contributed by atoms with Crippen molar-refractivity contribution in [3.05, 3.63) is 29.3 Å². The molecule has 1 aromatic carbocycles. The normalized spacial score (nSPS) is 9.40. The molecule has 0 aliphatic carbocycles. The minimum absolute atomic E-state index is 0.0356. The van der Waals surface area contributed by atoms with Gasteiger partial charge < -0.3 is 4.74 Å². The van der Waals surface area contributed by atoms with Gasteiger partial charge in [0.25, 0.3) is 0 Å². The van der Waals surface area contributed by atoms with Crippen LogP contribution in [0.4, 0.5) is 0 Å². The topological polar surface area (TPSA) is 26.3 Å². The zero-order chi connectivity index (χ0) is 11.3. The minimum Gasteiger partial charge on any atom is -0.496 e. The van der Waals surface area contributed by atoms with Gasteiger partial charge in [-0.3, -0.25) is 4.79 Å². The second kappa shape index (κ2) is 5.21. The Labute approximate surface area is 90.3 Å². The number of carbonyl (C=O) groups excluding carboxylic acids is 1. The maximum absolute atomic E-state index is 11.8. The fraction of sp³-hybridized carbons (Fsp3) is 0.308. The van der Waals surface area contributed by atoms with Gasteiger partial charge in [-0.05, 0) is 19.1 Å². The first-order valence-corrected chi connectivity index (χ1v) is 4.80. The highest BCUT2D eigenvalue weighted by atomic mass is 16.5. The molecule has 0 radical (unpaired) electrons. The van der Waals surface area contributed by atoms with E-state index >= 15 is 0 Å². The van der Waals surface area contributed by atoms with Gasteiger partial charge >= 0.3 is 0 Å². The van der Waals surface area contributed by atoms with E-state index < -0.39 is 0 Å². The second-order valence-electron chi connectivity index (χ2n) is 3.33. The van der Waals surface area contributed by atoms with Crippen LogP contribution in [0.2, 0.25) is 0 Å². The lowest BCUT2D eigenvalue weighted by molar-refractivity contribution is 0.0981. The largest absolute Gasteiger partial charge is 0.496 e. The predicted molar refractivity (Wildman–Crippen MR) is 60.1 cm³/mol. The quantitative estimate of drug-likeness (QED) is 0.554. The van der Waals surface area contributed by atoms with Gasteiger partial charge in [0, 0.05) is 12.8 Å². The number of aryl methyl sites for hydroxylation is 1. The first-order chi connectivity index (χ1) is 7.19. The average Bonchev–Trinajstić information content (AvgIpc) is 2.25. The van der Waals surface area contributed by atoms with Crippen molar-refractivity contribution in [2.24, 2.45) is 0 Å². The van der Waals surface area contributed by atoms with Crippen LogP contribution >= 0.6 is 0 Å². The highest BCUT2D eigenvalue weighted by Crippen LogP contribution is 2.21. The summed E-state index contributed by atoms with van der Waals surface area (Å²) in [7, 11) is 1.56. The summed E-state index contributed by atoms with van der Waals surface area (Å²) in [5.41, 5.74) is 1.66. The van der Waals surface area contributed by atoms with Crippen LogP contribution in [0.15, 0.2) is 18.2 Å². The van der Waals surface area contributed by atoms with E-state index in [2.05, 4.69) is 5.92 Å². The van der Waals surface area contributed by atoms with Gasteiger partial charge in [0.15, 0.2) is 5.78 Å². The van der Waals surface area contributed by atoms with E-state index in [9.17, 15) is 4.79 Å². The number of ketones is 1. The minimum atomic E-state index is 0.0356. The summed E-state index contributed by atoms with van der Waals surface area (Å²) < 4.78 is 5.13. The molecular formula is C13H14O2. The van der Waals surface area contributed by atoms with Crippen LogP contribution in [-0.2, 0) is 0 Å². The van der Waals surface area contributed by atoms with E-state index in [1.54, 1.807) is 13.2 Å². The van der Waals surface area contributed by atoms with Crippen molar-refractivity contribution in [2.75, 3.05) is 7.11 Å². The van der Waals surface area contributed by atoms with Gasteiger partial charge in [0.05, 0.1) is 12.7 Å². The number of Topliss-reactive ketones (excluding diaryl/α,β-unsaturated/α-hetero) is 1. The summed E-state index contributed by atoms with van der Waals surface area (Å²) in [5, 5.41) is 0. The zero-order valence-electron chi connectivity index (χ0n) is 9.04. The number of ether oxygens (including phenoxy) is 1. The Kier molecular flexibility index (Phi) is 3.93. The van der Waals surface area contributed by atoms with Crippen molar-refractivity contribution < 1.29 is 9.53 Å². The molecule has 15 heavy (non-hydrogen) atoms. The van der Waals surface area contributed by atoms with Gasteiger partial charge in [0.2, 0.25) is 0 Å². The Balaban J connectivity index is 2.96. The number of hydrogen-bond acceptors (Lipinski definition) is 2. The number of carbonyl (C=O) groups is 1. The summed E-state index contributed by atoms with van der Waals surface area (Å²) in [4.78, 5) is 11.8. The van der Waals surface area contributed by atoms with Gasteiger partial charge in [-0.15, -0.1) is 12.3 Å². The Bertz CT molecular complexity index is 399. The third-order valence-electron chi connectivity index (χ3n) is 2.15. The Morgan fingerprint density at radius 3 is 2.87 bits per heavy atom. The maximum atomic E-state index is 11.8. The summed E-state index contributed by atoms with van der Waals surface area (Å²) >= 11 is 0. The summed E-state index contributed by atoms with van der Waals surface area (Å²) in [6.07, 6.45) is 5.96. The van der Waals surface area contributed by atoms with E-state index in [1.165, 1.54) is 0 Å². The molecule has 2 heteroatoms. The van der Waals surface area contributed by atoms with Crippen molar-refractivity contribution in [1.82, 2.24) is 0 Å². The van der Waals surface area contributed by atoms with Crippen molar-refractivity contribution in [2.45, 2.75) is 19.8 Å². The molecule has 0 unspecified atom stereocenters. The standard InChI is InChI=1S/C13H14O2/c1-4-5-6-12(14)11-9-10(2)7-8-13(11)15-3/h1,7-9H,5-6H2,2-3H3. The number of methoxy groups -OCH3 is 1. The average molecular weight is 202 g/mol. The molecule has 78 valence electrons. The van der Waals surface area contributed by atoms with E-state index in [0.717, 1.165) is 5.56 Å². The van der Waals surface area contributed by atoms with Gasteiger partial charge in [-0.2, -0.15) is 0 Å². The molecule has 0 bridgehead atoms. The number of terminal acetylenes is 1. The lowest BCUT2D eigenvalue weighted by Crippen LogP contribution is -2.02. The first-order valence-electron chi connectivity index (χ1n) is 4.80. The number of benzene rings is 1. The third-order valence-corrected chi connectivity index (χ3v) is 2.15. The lowest BCUT2D eigenvalue weighted by atomic mass is 10.0. The molecule has 0 atom stereocenters. The monoisotopic (exact) mass is 202 g/mol. The van der Waals surface area contributed by atoms with Crippen molar-refractivity contribution >= 4 is 5.78 Å². The molecule has 0 saturated carbocycles. The van der Waals surface area contributed by atoms with E-state index in [4.69, 9.17) is 11.2 Å². The summed E-state index contributed by atoms with van der Waals surface area (Å²) in [6, 6.07) is 5.55. The lowest BCUT2D eigenvalue weighted by Gasteiger charge is -2.07. The summed E-state index contributed by atoms with van der Waals surface area (Å²) in [5.74, 6) is 3.11. The molecule has 0 aliphatic heterocycles. The molecular weight excluding hydrogens is 188 g/mol. The van der Waals surface area contributed by atoms with Crippen LogP contribution in [0, 0.1) is 19.3 Å². The van der Waals surface area contributed by atoms with Gasteiger partial charge in [0.1, 0.15) is 5.75 Å². The smallest absolute Gasteiger partial charge is 0.167 e. The molecule has 0 aromatic heterocycles. The van der Waals surface area contributed by atoms with E-state index in [0.29, 0.717) is 24.2 Å². The molecule has 0 aliphatic rings. The molecule has 0 N–H and O–H groups in total. The maximum Gasteiger partial charge on any atom is 0.167 e. The van der Waals surface area contributed by atoms with Gasteiger partial charge in [-0.1, -0.05) is 11.6 Å². The molecule has 1 aromatic rings. The third kappa shape index (κ3) is 2.85. The summed E-state index contributed by atoms with van der Waals surface area (Å²) in [6.45, 7) is 1.94. The van der Waals surface area contributed by atoms with Crippen LogP contribution in [0.1, 0.15) is 28.8 Å². The van der Waals surface area contributed by atoms with Gasteiger partial charge in [-0.25, -0.2) is 0 Å². The Morgan fingerprint density at radius 2 is 2.27 bits per heavy atom. The van der Waals surface area contributed by atoms with Crippen LogP contribution in [0.5, 0.6) is 5.75 Å². The molecule has 0 spiro atoms.